The largest absolute Gasteiger partial charge is 0.369 e. The van der Waals surface area contributed by atoms with Gasteiger partial charge in [0.15, 0.2) is 0 Å². The Morgan fingerprint density at radius 1 is 1.50 bits per heavy atom. The summed E-state index contributed by atoms with van der Waals surface area (Å²) in [7, 11) is 0. The van der Waals surface area contributed by atoms with Gasteiger partial charge in [-0.05, 0) is 19.8 Å². The third kappa shape index (κ3) is 1.36. The maximum atomic E-state index is 5.58. The van der Waals surface area contributed by atoms with E-state index in [1.165, 1.54) is 25.7 Å². The zero-order valence-corrected chi connectivity index (χ0v) is 7.73. The number of hydrogen-bond donors (Lipinski definition) is 0. The molecule has 66 valence electrons. The molecule has 1 heterocycles. The van der Waals surface area contributed by atoms with Crippen LogP contribution in [0.5, 0.6) is 0 Å². The van der Waals surface area contributed by atoms with Gasteiger partial charge in [-0.2, -0.15) is 0 Å². The van der Waals surface area contributed by atoms with Crippen molar-refractivity contribution in [3.8, 4) is 11.8 Å². The molecule has 1 spiro atoms. The first-order valence-electron chi connectivity index (χ1n) is 4.91. The van der Waals surface area contributed by atoms with E-state index < -0.39 is 0 Å². The Labute approximate surface area is 74.5 Å². The minimum Gasteiger partial charge on any atom is -0.369 e. The molecule has 12 heavy (non-hydrogen) atoms. The smallest absolute Gasteiger partial charge is 0.0953 e. The van der Waals surface area contributed by atoms with Gasteiger partial charge in [0.25, 0.3) is 0 Å². The summed E-state index contributed by atoms with van der Waals surface area (Å²) in [5.74, 6) is 6.89. The van der Waals surface area contributed by atoms with Gasteiger partial charge in [0.2, 0.25) is 0 Å². The van der Waals surface area contributed by atoms with E-state index in [0.717, 1.165) is 18.9 Å². The van der Waals surface area contributed by atoms with Crippen LogP contribution in [0.25, 0.3) is 0 Å². The summed E-state index contributed by atoms with van der Waals surface area (Å²) in [6, 6.07) is 0. The minimum atomic E-state index is 0.294. The summed E-state index contributed by atoms with van der Waals surface area (Å²) in [5.41, 5.74) is 0.294. The predicted molar refractivity (Wildman–Crippen MR) is 48.7 cm³/mol. The summed E-state index contributed by atoms with van der Waals surface area (Å²) in [6.07, 6.45) is 6.39. The fourth-order valence-corrected chi connectivity index (χ4v) is 2.27. The molecule has 1 saturated heterocycles. The Hall–Kier alpha value is -0.480. The van der Waals surface area contributed by atoms with Gasteiger partial charge in [0, 0.05) is 12.3 Å². The third-order valence-electron chi connectivity index (χ3n) is 3.19. The van der Waals surface area contributed by atoms with Crippen LogP contribution < -0.4 is 0 Å². The topological polar surface area (TPSA) is 12.5 Å². The first-order valence-corrected chi connectivity index (χ1v) is 4.91. The molecule has 0 bridgehead atoms. The number of epoxide rings is 1. The molecule has 0 aromatic rings. The van der Waals surface area contributed by atoms with E-state index in [-0.39, 0.29) is 0 Å². The normalized spacial score (nSPS) is 38.9. The molecule has 1 saturated carbocycles. The van der Waals surface area contributed by atoms with E-state index >= 15 is 0 Å². The molecule has 2 atom stereocenters. The molecule has 2 fully saturated rings. The van der Waals surface area contributed by atoms with Gasteiger partial charge in [-0.1, -0.05) is 12.8 Å². The van der Waals surface area contributed by atoms with E-state index in [4.69, 9.17) is 4.74 Å². The van der Waals surface area contributed by atoms with E-state index in [2.05, 4.69) is 11.8 Å². The lowest BCUT2D eigenvalue weighted by atomic mass is 9.78. The van der Waals surface area contributed by atoms with Crippen molar-refractivity contribution in [1.82, 2.24) is 0 Å². The monoisotopic (exact) mass is 164 g/mol. The van der Waals surface area contributed by atoms with Crippen LogP contribution in [0.4, 0.5) is 0 Å². The van der Waals surface area contributed by atoms with Gasteiger partial charge in [0.1, 0.15) is 0 Å². The first-order chi connectivity index (χ1) is 5.87. The molecule has 0 aromatic heterocycles. The molecule has 0 radical (unpaired) electrons. The zero-order valence-electron chi connectivity index (χ0n) is 7.73. The molecule has 1 aliphatic carbocycles. The number of hydrogen-bond acceptors (Lipinski definition) is 1. The van der Waals surface area contributed by atoms with Crippen LogP contribution in [0.2, 0.25) is 0 Å². The highest BCUT2D eigenvalue weighted by atomic mass is 16.6. The maximum absolute atomic E-state index is 5.58. The van der Waals surface area contributed by atoms with E-state index in [9.17, 15) is 0 Å². The Kier molecular flexibility index (Phi) is 2.11. The Balaban J connectivity index is 1.95. The lowest BCUT2D eigenvalue weighted by molar-refractivity contribution is 0.161. The van der Waals surface area contributed by atoms with Gasteiger partial charge < -0.3 is 4.74 Å². The van der Waals surface area contributed by atoms with Crippen LogP contribution in [0.3, 0.4) is 0 Å². The average Bonchev–Trinajstić information content (AvgIpc) is 2.85. The summed E-state index contributed by atoms with van der Waals surface area (Å²) >= 11 is 0. The molecule has 1 aliphatic heterocycles. The maximum Gasteiger partial charge on any atom is 0.0953 e. The quantitative estimate of drug-likeness (QED) is 0.428. The second kappa shape index (κ2) is 3.11. The Morgan fingerprint density at radius 2 is 2.33 bits per heavy atom. The van der Waals surface area contributed by atoms with Crippen molar-refractivity contribution in [2.24, 2.45) is 5.92 Å². The molecule has 1 heteroatoms. The summed E-state index contributed by atoms with van der Waals surface area (Å²) < 4.78 is 5.58. The second-order valence-electron chi connectivity index (χ2n) is 3.93. The minimum absolute atomic E-state index is 0.294. The van der Waals surface area contributed by atoms with E-state index in [1.807, 2.05) is 6.92 Å². The van der Waals surface area contributed by atoms with Crippen molar-refractivity contribution in [3.05, 3.63) is 0 Å². The number of rotatable bonds is 1. The zero-order chi connectivity index (χ0) is 8.44. The van der Waals surface area contributed by atoms with Crippen molar-refractivity contribution in [2.45, 2.75) is 44.6 Å². The van der Waals surface area contributed by atoms with Crippen LogP contribution in [-0.2, 0) is 4.74 Å². The molecule has 1 nitrogen and oxygen atoms in total. The SMILES string of the molecule is CC#CCC1CCCCC12CO2. The molecule has 0 aromatic carbocycles. The number of ether oxygens (including phenoxy) is 1. The molecule has 0 amide bonds. The predicted octanol–water partition coefficient (Wildman–Crippen LogP) is 2.36. The van der Waals surface area contributed by atoms with E-state index in [0.29, 0.717) is 5.60 Å². The molecule has 0 N–H and O–H groups in total. The second-order valence-corrected chi connectivity index (χ2v) is 3.93. The highest BCUT2D eigenvalue weighted by molar-refractivity contribution is 5.06. The van der Waals surface area contributed by atoms with Gasteiger partial charge in [-0.3, -0.25) is 0 Å². The molecule has 2 rings (SSSR count). The van der Waals surface area contributed by atoms with Crippen molar-refractivity contribution in [3.63, 3.8) is 0 Å². The molecular formula is C11H16O. The van der Waals surface area contributed by atoms with Crippen LogP contribution in [-0.4, -0.2) is 12.2 Å². The summed E-state index contributed by atoms with van der Waals surface area (Å²) in [4.78, 5) is 0. The first kappa shape index (κ1) is 8.13. The van der Waals surface area contributed by atoms with Crippen LogP contribution in [0.15, 0.2) is 0 Å². The molecule has 2 unspecified atom stereocenters. The van der Waals surface area contributed by atoms with Crippen molar-refractivity contribution < 1.29 is 4.74 Å². The fourth-order valence-electron chi connectivity index (χ4n) is 2.27. The Bertz CT molecular complexity index is 217. The average molecular weight is 164 g/mol. The van der Waals surface area contributed by atoms with Crippen molar-refractivity contribution in [2.75, 3.05) is 6.61 Å². The van der Waals surface area contributed by atoms with Gasteiger partial charge in [-0.25, -0.2) is 0 Å². The molecule has 2 aliphatic rings. The van der Waals surface area contributed by atoms with E-state index in [1.54, 1.807) is 0 Å². The lowest BCUT2D eigenvalue weighted by Crippen LogP contribution is -2.27. The van der Waals surface area contributed by atoms with Crippen LogP contribution in [0, 0.1) is 17.8 Å². The highest BCUT2D eigenvalue weighted by Gasteiger charge is 2.51. The van der Waals surface area contributed by atoms with Crippen molar-refractivity contribution in [1.29, 1.82) is 0 Å². The molecular weight excluding hydrogens is 148 g/mol. The van der Waals surface area contributed by atoms with Crippen molar-refractivity contribution >= 4 is 0 Å². The van der Waals surface area contributed by atoms with Gasteiger partial charge in [0.05, 0.1) is 12.2 Å². The van der Waals surface area contributed by atoms with Gasteiger partial charge >= 0.3 is 0 Å². The third-order valence-corrected chi connectivity index (χ3v) is 3.19. The Morgan fingerprint density at radius 3 is 3.00 bits per heavy atom. The summed E-state index contributed by atoms with van der Waals surface area (Å²) in [6.45, 7) is 2.92. The van der Waals surface area contributed by atoms with Gasteiger partial charge in [-0.15, -0.1) is 11.8 Å². The van der Waals surface area contributed by atoms with Crippen LogP contribution in [0.1, 0.15) is 39.0 Å². The lowest BCUT2D eigenvalue weighted by Gasteiger charge is -2.27. The van der Waals surface area contributed by atoms with Crippen LogP contribution >= 0.6 is 0 Å². The standard InChI is InChI=1S/C11H16O/c1-2-3-6-10-7-4-5-8-11(10)9-12-11/h10H,4-9H2,1H3. The summed E-state index contributed by atoms with van der Waals surface area (Å²) in [5, 5.41) is 0. The highest BCUT2D eigenvalue weighted by Crippen LogP contribution is 2.47. The fraction of sp³-hybridized carbons (Fsp3) is 0.818.